The SMILES string of the molecule is N#Cc1cccc(OC(=O)N2CCC(C(c3ccccc3)c3ccccc3)CC2)c1. The zero-order chi connectivity index (χ0) is 20.8. The zero-order valence-electron chi connectivity index (χ0n) is 16.8. The molecule has 0 saturated carbocycles. The standard InChI is InChI=1S/C26H24N2O2/c27-19-20-8-7-13-24(18-20)30-26(29)28-16-14-23(15-17-28)25(21-9-3-1-4-10-21)22-11-5-2-6-12-22/h1-13,18,23,25H,14-17H2. The molecule has 0 aromatic heterocycles. The van der Waals surface area contributed by atoms with E-state index < -0.39 is 0 Å². The maximum Gasteiger partial charge on any atom is 0.415 e. The summed E-state index contributed by atoms with van der Waals surface area (Å²) in [5.74, 6) is 1.19. The Morgan fingerprint density at radius 2 is 1.50 bits per heavy atom. The van der Waals surface area contributed by atoms with Crippen molar-refractivity contribution in [3.63, 3.8) is 0 Å². The second kappa shape index (κ2) is 9.28. The van der Waals surface area contributed by atoms with Gasteiger partial charge in [0, 0.05) is 19.0 Å². The third kappa shape index (κ3) is 4.52. The summed E-state index contributed by atoms with van der Waals surface area (Å²) >= 11 is 0. The number of piperidine rings is 1. The molecule has 4 rings (SSSR count). The van der Waals surface area contributed by atoms with Crippen molar-refractivity contribution in [2.24, 2.45) is 5.92 Å². The Kier molecular flexibility index (Phi) is 6.10. The summed E-state index contributed by atoms with van der Waals surface area (Å²) in [6.07, 6.45) is 1.49. The number of nitriles is 1. The molecule has 0 aliphatic carbocycles. The molecule has 3 aromatic rings. The van der Waals surface area contributed by atoms with E-state index in [4.69, 9.17) is 10.00 Å². The summed E-state index contributed by atoms with van der Waals surface area (Å²) < 4.78 is 5.50. The van der Waals surface area contributed by atoms with Gasteiger partial charge in [-0.05, 0) is 48.1 Å². The van der Waals surface area contributed by atoms with E-state index in [2.05, 4.69) is 54.6 Å². The van der Waals surface area contributed by atoms with E-state index in [1.165, 1.54) is 11.1 Å². The Bertz CT molecular complexity index is 980. The molecule has 1 heterocycles. The van der Waals surface area contributed by atoms with Crippen molar-refractivity contribution < 1.29 is 9.53 Å². The maximum absolute atomic E-state index is 12.6. The molecule has 0 spiro atoms. The minimum Gasteiger partial charge on any atom is -0.410 e. The van der Waals surface area contributed by atoms with Crippen LogP contribution in [0.3, 0.4) is 0 Å². The molecule has 0 bridgehead atoms. The van der Waals surface area contributed by atoms with Gasteiger partial charge in [-0.15, -0.1) is 0 Å². The number of hydrogen-bond acceptors (Lipinski definition) is 3. The van der Waals surface area contributed by atoms with Crippen LogP contribution in [0.1, 0.15) is 35.4 Å². The molecule has 0 radical (unpaired) electrons. The summed E-state index contributed by atoms with van der Waals surface area (Å²) in [4.78, 5) is 14.4. The van der Waals surface area contributed by atoms with Crippen LogP contribution in [-0.4, -0.2) is 24.1 Å². The zero-order valence-corrected chi connectivity index (χ0v) is 16.8. The van der Waals surface area contributed by atoms with Crippen LogP contribution in [0.25, 0.3) is 0 Å². The van der Waals surface area contributed by atoms with Crippen molar-refractivity contribution in [3.05, 3.63) is 102 Å². The number of ether oxygens (including phenoxy) is 1. The maximum atomic E-state index is 12.6. The van der Waals surface area contributed by atoms with Crippen LogP contribution in [0.5, 0.6) is 5.75 Å². The number of benzene rings is 3. The highest BCUT2D eigenvalue weighted by Crippen LogP contribution is 2.38. The summed E-state index contributed by atoms with van der Waals surface area (Å²) in [7, 11) is 0. The molecule has 4 nitrogen and oxygen atoms in total. The second-order valence-electron chi connectivity index (χ2n) is 7.63. The van der Waals surface area contributed by atoms with Crippen LogP contribution < -0.4 is 4.74 Å². The highest BCUT2D eigenvalue weighted by Gasteiger charge is 2.31. The van der Waals surface area contributed by atoms with E-state index >= 15 is 0 Å². The molecule has 0 unspecified atom stereocenters. The highest BCUT2D eigenvalue weighted by molar-refractivity contribution is 5.71. The Balaban J connectivity index is 1.44. The first kappa shape index (κ1) is 19.7. The lowest BCUT2D eigenvalue weighted by molar-refractivity contribution is 0.128. The van der Waals surface area contributed by atoms with E-state index in [0.29, 0.717) is 36.2 Å². The molecule has 4 heteroatoms. The van der Waals surface area contributed by atoms with Gasteiger partial charge >= 0.3 is 6.09 Å². The van der Waals surface area contributed by atoms with E-state index in [9.17, 15) is 4.79 Å². The molecule has 1 aliphatic rings. The molecule has 0 atom stereocenters. The van der Waals surface area contributed by atoms with Crippen LogP contribution >= 0.6 is 0 Å². The second-order valence-corrected chi connectivity index (χ2v) is 7.63. The summed E-state index contributed by atoms with van der Waals surface area (Å²) in [6.45, 7) is 1.33. The van der Waals surface area contributed by atoms with Gasteiger partial charge in [-0.1, -0.05) is 66.7 Å². The lowest BCUT2D eigenvalue weighted by atomic mass is 9.76. The Labute approximate surface area is 177 Å². The predicted molar refractivity (Wildman–Crippen MR) is 116 cm³/mol. The van der Waals surface area contributed by atoms with Crippen molar-refractivity contribution in [2.45, 2.75) is 18.8 Å². The number of amides is 1. The minimum atomic E-state index is -0.348. The van der Waals surface area contributed by atoms with Crippen LogP contribution in [0.2, 0.25) is 0 Å². The molecular formula is C26H24N2O2. The average molecular weight is 396 g/mol. The van der Waals surface area contributed by atoms with Gasteiger partial charge < -0.3 is 9.64 Å². The fraction of sp³-hybridized carbons (Fsp3) is 0.231. The van der Waals surface area contributed by atoms with Gasteiger partial charge in [0.05, 0.1) is 11.6 Å². The molecule has 1 aliphatic heterocycles. The largest absolute Gasteiger partial charge is 0.415 e. The van der Waals surface area contributed by atoms with Crippen molar-refractivity contribution >= 4 is 6.09 Å². The van der Waals surface area contributed by atoms with Gasteiger partial charge in [-0.3, -0.25) is 0 Å². The van der Waals surface area contributed by atoms with Crippen LogP contribution in [0.15, 0.2) is 84.9 Å². The first-order valence-electron chi connectivity index (χ1n) is 10.3. The Hall–Kier alpha value is -3.58. The Morgan fingerprint density at radius 3 is 2.07 bits per heavy atom. The summed E-state index contributed by atoms with van der Waals surface area (Å²) in [5, 5.41) is 9.01. The van der Waals surface area contributed by atoms with Crippen LogP contribution in [-0.2, 0) is 0 Å². The number of hydrogen-bond donors (Lipinski definition) is 0. The quantitative estimate of drug-likeness (QED) is 0.577. The lowest BCUT2D eigenvalue weighted by Crippen LogP contribution is -2.41. The van der Waals surface area contributed by atoms with Crippen LogP contribution in [0, 0.1) is 17.2 Å². The van der Waals surface area contributed by atoms with Crippen molar-refractivity contribution in [2.75, 3.05) is 13.1 Å². The molecule has 0 N–H and O–H groups in total. The summed E-state index contributed by atoms with van der Waals surface area (Å²) in [6, 6.07) is 30.0. The number of likely N-dealkylation sites (tertiary alicyclic amines) is 1. The van der Waals surface area contributed by atoms with Gasteiger partial charge in [0.2, 0.25) is 0 Å². The Morgan fingerprint density at radius 1 is 0.900 bits per heavy atom. The van der Waals surface area contributed by atoms with Crippen LogP contribution in [0.4, 0.5) is 4.79 Å². The first-order valence-corrected chi connectivity index (χ1v) is 10.3. The van der Waals surface area contributed by atoms with Crippen molar-refractivity contribution in [3.8, 4) is 11.8 Å². The van der Waals surface area contributed by atoms with Gasteiger partial charge in [0.25, 0.3) is 0 Å². The third-order valence-electron chi connectivity index (χ3n) is 5.75. The van der Waals surface area contributed by atoms with Gasteiger partial charge in [-0.2, -0.15) is 5.26 Å². The molecule has 30 heavy (non-hydrogen) atoms. The summed E-state index contributed by atoms with van der Waals surface area (Å²) in [5.41, 5.74) is 3.11. The third-order valence-corrected chi connectivity index (χ3v) is 5.75. The smallest absolute Gasteiger partial charge is 0.410 e. The number of carbonyl (C=O) groups excluding carboxylic acids is 1. The van der Waals surface area contributed by atoms with E-state index in [1.54, 1.807) is 29.2 Å². The topological polar surface area (TPSA) is 53.3 Å². The normalized spacial score (nSPS) is 14.3. The average Bonchev–Trinajstić information content (AvgIpc) is 2.81. The predicted octanol–water partition coefficient (Wildman–Crippen LogP) is 5.60. The minimum absolute atomic E-state index is 0.317. The fourth-order valence-electron chi connectivity index (χ4n) is 4.27. The number of rotatable bonds is 4. The van der Waals surface area contributed by atoms with Gasteiger partial charge in [-0.25, -0.2) is 4.79 Å². The monoisotopic (exact) mass is 396 g/mol. The fourth-order valence-corrected chi connectivity index (χ4v) is 4.27. The van der Waals surface area contributed by atoms with E-state index in [1.807, 2.05) is 12.1 Å². The van der Waals surface area contributed by atoms with Crippen molar-refractivity contribution in [1.29, 1.82) is 5.26 Å². The van der Waals surface area contributed by atoms with Crippen molar-refractivity contribution in [1.82, 2.24) is 4.90 Å². The molecule has 150 valence electrons. The van der Waals surface area contributed by atoms with E-state index in [0.717, 1.165) is 12.8 Å². The van der Waals surface area contributed by atoms with Gasteiger partial charge in [0.15, 0.2) is 0 Å². The molecule has 1 fully saturated rings. The number of carbonyl (C=O) groups is 1. The van der Waals surface area contributed by atoms with Gasteiger partial charge in [0.1, 0.15) is 5.75 Å². The molecule has 1 amide bonds. The number of nitrogens with zero attached hydrogens (tertiary/aromatic N) is 2. The van der Waals surface area contributed by atoms with E-state index in [-0.39, 0.29) is 6.09 Å². The first-order chi connectivity index (χ1) is 14.7. The molecule has 1 saturated heterocycles. The lowest BCUT2D eigenvalue weighted by Gasteiger charge is -2.36. The highest BCUT2D eigenvalue weighted by atomic mass is 16.6. The molecule has 3 aromatic carbocycles. The molecular weight excluding hydrogens is 372 g/mol.